The first kappa shape index (κ1) is 10.3. The summed E-state index contributed by atoms with van der Waals surface area (Å²) < 4.78 is 0. The first-order valence-electron chi connectivity index (χ1n) is 3.16. The fourth-order valence-electron chi connectivity index (χ4n) is 0.407. The molecule has 0 heterocycles. The molecule has 4 heteroatoms. The van der Waals surface area contributed by atoms with Crippen LogP contribution in [0.4, 0.5) is 0 Å². The van der Waals surface area contributed by atoms with Gasteiger partial charge in [0.15, 0.2) is 0 Å². The molecule has 0 amide bonds. The van der Waals surface area contributed by atoms with Gasteiger partial charge in [0.2, 0.25) is 0 Å². The van der Waals surface area contributed by atoms with Crippen LogP contribution in [-0.2, 0) is 4.79 Å². The van der Waals surface area contributed by atoms with Crippen LogP contribution < -0.4 is 5.73 Å². The largest absolute Gasteiger partial charge is 0.478 e. The van der Waals surface area contributed by atoms with Crippen molar-refractivity contribution < 1.29 is 9.90 Å². The summed E-state index contributed by atoms with van der Waals surface area (Å²) in [4.78, 5) is 10.8. The Morgan fingerprint density at radius 3 is 2.45 bits per heavy atom. The van der Waals surface area contributed by atoms with Gasteiger partial charge in [-0.15, -0.1) is 0 Å². The molecule has 1 unspecified atom stereocenters. The van der Waals surface area contributed by atoms with Crippen molar-refractivity contribution in [1.82, 2.24) is 0 Å². The number of hydrogen-bond acceptors (Lipinski definition) is 3. The first-order valence-corrected chi connectivity index (χ1v) is 3.57. The van der Waals surface area contributed by atoms with Crippen molar-refractivity contribution in [3.63, 3.8) is 0 Å². The number of nitrogens with two attached hydrogens (primary N) is 1. The molecule has 0 aromatic heterocycles. The first-order chi connectivity index (χ1) is 4.95. The molecule has 0 fully saturated rings. The number of carboxylic acids is 1. The second-order valence-electron chi connectivity index (χ2n) is 2.32. The zero-order valence-electron chi connectivity index (χ0n) is 6.50. The summed E-state index contributed by atoms with van der Waals surface area (Å²) in [5.74, 6) is -0.965. The van der Waals surface area contributed by atoms with Gasteiger partial charge in [-0.05, 0) is 19.9 Å². The molecule has 0 radical (unpaired) electrons. The molecule has 0 aliphatic heterocycles. The van der Waals surface area contributed by atoms with E-state index >= 15 is 0 Å². The Hall–Kier alpha value is -0.740. The van der Waals surface area contributed by atoms with Gasteiger partial charge in [-0.1, -0.05) is 12.2 Å². The highest BCUT2D eigenvalue weighted by Gasteiger charge is 2.03. The van der Waals surface area contributed by atoms with Crippen LogP contribution in [0.1, 0.15) is 13.8 Å². The van der Waals surface area contributed by atoms with E-state index in [0.29, 0.717) is 4.86 Å². The van der Waals surface area contributed by atoms with Crippen molar-refractivity contribution in [2.24, 2.45) is 5.73 Å². The van der Waals surface area contributed by atoms with E-state index in [-0.39, 0.29) is 11.6 Å². The molecule has 0 aliphatic carbocycles. The number of aliphatic carboxylic acids is 1. The molecule has 0 aromatic rings. The highest BCUT2D eigenvalue weighted by molar-refractivity contribution is 7.80. The molecule has 3 nitrogen and oxygen atoms in total. The number of rotatable bonds is 3. The predicted molar refractivity (Wildman–Crippen MR) is 47.6 cm³/mol. The van der Waals surface area contributed by atoms with Crippen LogP contribution in [0.15, 0.2) is 11.6 Å². The fraction of sp³-hybridized carbons (Fsp3) is 0.429. The molecule has 1 atom stereocenters. The predicted octanol–water partition coefficient (Wildman–Crippen LogP) is 0.734. The molecule has 0 saturated carbocycles. The van der Waals surface area contributed by atoms with E-state index in [9.17, 15) is 4.79 Å². The number of carbonyl (C=O) groups is 1. The quantitative estimate of drug-likeness (QED) is 0.488. The van der Waals surface area contributed by atoms with Gasteiger partial charge < -0.3 is 10.8 Å². The lowest BCUT2D eigenvalue weighted by Gasteiger charge is -2.01. The minimum atomic E-state index is -0.965. The Labute approximate surface area is 70.9 Å². The molecule has 0 aliphatic rings. The second kappa shape index (κ2) is 4.20. The van der Waals surface area contributed by atoms with Gasteiger partial charge in [-0.2, -0.15) is 0 Å². The Morgan fingerprint density at radius 2 is 2.18 bits per heavy atom. The van der Waals surface area contributed by atoms with Gasteiger partial charge in [0, 0.05) is 16.5 Å². The number of carboxylic acid groups (broad SMARTS) is 1. The summed E-state index contributed by atoms with van der Waals surface area (Å²) >= 11 is 4.81. The molecular weight excluding hydrogens is 162 g/mol. The van der Waals surface area contributed by atoms with E-state index in [0.717, 1.165) is 0 Å². The average Bonchev–Trinajstić information content (AvgIpc) is 1.87. The highest BCUT2D eigenvalue weighted by Crippen LogP contribution is 1.96. The minimum absolute atomic E-state index is 0.215. The maximum Gasteiger partial charge on any atom is 0.331 e. The molecule has 3 N–H and O–H groups in total. The van der Waals surface area contributed by atoms with E-state index in [1.54, 1.807) is 6.92 Å². The van der Waals surface area contributed by atoms with Crippen LogP contribution in [0.5, 0.6) is 0 Å². The summed E-state index contributed by atoms with van der Waals surface area (Å²) in [6, 6.07) is -0.265. The van der Waals surface area contributed by atoms with Crippen molar-refractivity contribution in [2.75, 3.05) is 0 Å². The van der Waals surface area contributed by atoms with Gasteiger partial charge in [0.05, 0.1) is 0 Å². The Balaban J connectivity index is 4.32. The van der Waals surface area contributed by atoms with E-state index in [4.69, 9.17) is 23.1 Å². The van der Waals surface area contributed by atoms with Crippen LogP contribution in [0.3, 0.4) is 0 Å². The molecule has 0 aromatic carbocycles. The summed E-state index contributed by atoms with van der Waals surface area (Å²) in [6.45, 7) is 3.20. The monoisotopic (exact) mass is 173 g/mol. The molecule has 0 bridgehead atoms. The number of hydrogen-bond donors (Lipinski definition) is 2. The van der Waals surface area contributed by atoms with Crippen molar-refractivity contribution in [2.45, 2.75) is 19.9 Å². The lowest BCUT2D eigenvalue weighted by molar-refractivity contribution is -0.132. The minimum Gasteiger partial charge on any atom is -0.478 e. The van der Waals surface area contributed by atoms with Gasteiger partial charge in [0.25, 0.3) is 0 Å². The summed E-state index contributed by atoms with van der Waals surface area (Å²) in [5, 5.41) is 8.44. The average molecular weight is 173 g/mol. The summed E-state index contributed by atoms with van der Waals surface area (Å²) in [7, 11) is 0. The molecule has 0 saturated heterocycles. The third-order valence-electron chi connectivity index (χ3n) is 1.14. The Kier molecular flexibility index (Phi) is 3.92. The van der Waals surface area contributed by atoms with Crippen molar-refractivity contribution in [3.8, 4) is 0 Å². The third-order valence-corrected chi connectivity index (χ3v) is 1.63. The lowest BCUT2D eigenvalue weighted by Crippen LogP contribution is -2.23. The Bertz CT molecular complexity index is 208. The highest BCUT2D eigenvalue weighted by atomic mass is 32.1. The third kappa shape index (κ3) is 3.85. The molecule has 62 valence electrons. The molecular formula is C7H11NO2S. The Morgan fingerprint density at radius 1 is 1.73 bits per heavy atom. The second-order valence-corrected chi connectivity index (χ2v) is 2.79. The lowest BCUT2D eigenvalue weighted by atomic mass is 10.2. The van der Waals surface area contributed by atoms with E-state index in [2.05, 4.69) is 0 Å². The summed E-state index contributed by atoms with van der Waals surface area (Å²) in [5.41, 5.74) is 5.62. The smallest absolute Gasteiger partial charge is 0.331 e. The van der Waals surface area contributed by atoms with Crippen LogP contribution in [0, 0.1) is 0 Å². The normalized spacial score (nSPS) is 14.3. The van der Waals surface area contributed by atoms with Crippen LogP contribution in [0.2, 0.25) is 0 Å². The van der Waals surface area contributed by atoms with Crippen LogP contribution >= 0.6 is 12.2 Å². The van der Waals surface area contributed by atoms with Crippen LogP contribution in [0.25, 0.3) is 0 Å². The van der Waals surface area contributed by atoms with Gasteiger partial charge in [-0.25, -0.2) is 4.79 Å². The molecule has 0 spiro atoms. The van der Waals surface area contributed by atoms with Gasteiger partial charge in [0.1, 0.15) is 0 Å². The standard InChI is InChI=1S/C7H11NO2S/c1-4(7(9)10)3-6(11)5(2)8/h3,5H,8H2,1-2H3,(H,9,10). The zero-order valence-corrected chi connectivity index (χ0v) is 7.31. The zero-order chi connectivity index (χ0) is 9.02. The number of thiocarbonyl (C=S) groups is 1. The van der Waals surface area contributed by atoms with Crippen molar-refractivity contribution in [3.05, 3.63) is 11.6 Å². The van der Waals surface area contributed by atoms with Crippen molar-refractivity contribution in [1.29, 1.82) is 0 Å². The SMILES string of the molecule is CC(=CC(=S)C(C)N)C(=O)O. The van der Waals surface area contributed by atoms with Gasteiger partial charge in [-0.3, -0.25) is 0 Å². The maximum absolute atomic E-state index is 10.3. The van der Waals surface area contributed by atoms with Crippen molar-refractivity contribution >= 4 is 23.1 Å². The topological polar surface area (TPSA) is 63.3 Å². The molecule has 11 heavy (non-hydrogen) atoms. The molecule has 0 rings (SSSR count). The fourth-order valence-corrected chi connectivity index (χ4v) is 0.583. The van der Waals surface area contributed by atoms with Crippen LogP contribution in [-0.4, -0.2) is 22.0 Å². The van der Waals surface area contributed by atoms with E-state index in [1.807, 2.05) is 0 Å². The van der Waals surface area contributed by atoms with Gasteiger partial charge >= 0.3 is 5.97 Å². The maximum atomic E-state index is 10.3. The summed E-state index contributed by atoms with van der Waals surface area (Å²) in [6.07, 6.45) is 1.41. The van der Waals surface area contributed by atoms with E-state index in [1.165, 1.54) is 13.0 Å². The van der Waals surface area contributed by atoms with E-state index < -0.39 is 5.97 Å².